The average molecular weight is 661 g/mol. The summed E-state index contributed by atoms with van der Waals surface area (Å²) in [7, 11) is 1.31. The third-order valence-electron chi connectivity index (χ3n) is 8.57. The fourth-order valence-corrected chi connectivity index (χ4v) is 6.22. The number of halogens is 3. The number of nitrogens with one attached hydrogen (secondary N) is 2. The van der Waals surface area contributed by atoms with Crippen molar-refractivity contribution in [1.82, 2.24) is 24.8 Å². The van der Waals surface area contributed by atoms with Gasteiger partial charge in [0.25, 0.3) is 0 Å². The molecule has 2 aromatic carbocycles. The molecule has 0 unspecified atom stereocenters. The largest absolute Gasteiger partial charge is 0.469 e. The van der Waals surface area contributed by atoms with Crippen LogP contribution in [-0.2, 0) is 25.5 Å². The number of ether oxygens (including phenoxy) is 1. The van der Waals surface area contributed by atoms with Gasteiger partial charge in [0.05, 0.1) is 47.2 Å². The molecule has 2 bridgehead atoms. The summed E-state index contributed by atoms with van der Waals surface area (Å²) in [6, 6.07) is 6.97. The van der Waals surface area contributed by atoms with Gasteiger partial charge in [-0.15, -0.1) is 0 Å². The van der Waals surface area contributed by atoms with Gasteiger partial charge in [-0.25, -0.2) is 23.7 Å². The van der Waals surface area contributed by atoms with E-state index in [1.54, 1.807) is 35.5 Å². The first-order chi connectivity index (χ1) is 22.6. The van der Waals surface area contributed by atoms with Gasteiger partial charge >= 0.3 is 5.97 Å². The minimum Gasteiger partial charge on any atom is -0.469 e. The minimum atomic E-state index is -0.906. The predicted octanol–water partition coefficient (Wildman–Crippen LogP) is 6.30. The van der Waals surface area contributed by atoms with Gasteiger partial charge in [0.2, 0.25) is 11.8 Å². The van der Waals surface area contributed by atoms with E-state index in [-0.39, 0.29) is 47.4 Å². The Balaban J connectivity index is 1.46. The summed E-state index contributed by atoms with van der Waals surface area (Å²) in [5.74, 6) is -2.62. The van der Waals surface area contributed by atoms with E-state index in [1.807, 2.05) is 6.92 Å². The highest BCUT2D eigenvalue weighted by Crippen LogP contribution is 2.40. The maximum atomic E-state index is 14.9. The third kappa shape index (κ3) is 6.50. The zero-order valence-corrected chi connectivity index (χ0v) is 26.4. The molecule has 13 heteroatoms. The average Bonchev–Trinajstić information content (AvgIpc) is 3.50. The molecule has 2 aliphatic heterocycles. The summed E-state index contributed by atoms with van der Waals surface area (Å²) in [5.41, 5.74) is 3.29. The number of benzene rings is 2. The van der Waals surface area contributed by atoms with Crippen molar-refractivity contribution in [1.29, 1.82) is 0 Å². The monoisotopic (exact) mass is 660 g/mol. The number of hydrogen-bond donors (Lipinski definition) is 2. The first kappa shape index (κ1) is 32.0. The Bertz CT molecular complexity index is 1900. The first-order valence-electron chi connectivity index (χ1n) is 15.2. The van der Waals surface area contributed by atoms with Crippen LogP contribution >= 0.6 is 11.6 Å². The summed E-state index contributed by atoms with van der Waals surface area (Å²) in [6.45, 7) is 2.00. The molecule has 4 aromatic rings. The van der Waals surface area contributed by atoms with Crippen molar-refractivity contribution in [2.24, 2.45) is 5.92 Å². The lowest BCUT2D eigenvalue weighted by atomic mass is 9.95. The highest BCUT2D eigenvalue weighted by molar-refractivity contribution is 6.31. The molecule has 0 radical (unpaired) electrons. The molecule has 0 aliphatic carbocycles. The maximum Gasteiger partial charge on any atom is 0.309 e. The van der Waals surface area contributed by atoms with Crippen molar-refractivity contribution < 1.29 is 27.9 Å². The molecule has 2 atom stereocenters. The number of aromatic nitrogens is 4. The van der Waals surface area contributed by atoms with Gasteiger partial charge in [-0.2, -0.15) is 0 Å². The van der Waals surface area contributed by atoms with Gasteiger partial charge in [-0.3, -0.25) is 14.4 Å². The summed E-state index contributed by atoms with van der Waals surface area (Å²) < 4.78 is 34.4. The highest BCUT2D eigenvalue weighted by atomic mass is 35.5. The SMILES string of the molecule is COC(=O)Cc1ccc2c(c1)NC(=O)[C@H](C)CCC[C@H](N1CCC(c3c(F)ccc(Cl)c3F)=CC1=O)c1nc(-c3cncnc3)c-2[nH]1. The molecular formula is C34H31ClF2N6O4. The van der Waals surface area contributed by atoms with E-state index < -0.39 is 29.6 Å². The summed E-state index contributed by atoms with van der Waals surface area (Å²) >= 11 is 5.93. The van der Waals surface area contributed by atoms with E-state index in [1.165, 1.54) is 19.5 Å². The van der Waals surface area contributed by atoms with Crippen molar-refractivity contribution >= 4 is 40.6 Å². The number of hydrogen-bond acceptors (Lipinski definition) is 7. The topological polar surface area (TPSA) is 130 Å². The zero-order chi connectivity index (χ0) is 33.2. The van der Waals surface area contributed by atoms with Crippen molar-refractivity contribution in [2.45, 2.75) is 45.1 Å². The molecule has 0 saturated heterocycles. The standard InChI is InChI=1S/C34H31ClF2N6O4/c1-18-4-3-5-26(43-11-10-20(14-27(43)44)29-24(36)9-8-23(35)30(29)37)33-41-31(21-15-38-17-39-16-21)32(42-33)22-7-6-19(13-28(45)47-2)12-25(22)40-34(18)46/h6-9,12,14-18,26H,3-5,10-11,13H2,1-2H3,(H,40,46)(H,41,42)/t18-,26+/m1/s1. The maximum absolute atomic E-state index is 14.9. The Morgan fingerprint density at radius 2 is 1.91 bits per heavy atom. The van der Waals surface area contributed by atoms with E-state index >= 15 is 0 Å². The lowest BCUT2D eigenvalue weighted by Gasteiger charge is -2.33. The lowest BCUT2D eigenvalue weighted by Crippen LogP contribution is -2.38. The molecule has 6 rings (SSSR count). The van der Waals surface area contributed by atoms with E-state index in [9.17, 15) is 23.2 Å². The van der Waals surface area contributed by atoms with Gasteiger partial charge in [0.15, 0.2) is 5.82 Å². The number of rotatable bonds is 5. The van der Waals surface area contributed by atoms with Gasteiger partial charge in [0.1, 0.15) is 18.0 Å². The number of imidazole rings is 1. The highest BCUT2D eigenvalue weighted by Gasteiger charge is 2.33. The molecule has 10 nitrogen and oxygen atoms in total. The lowest BCUT2D eigenvalue weighted by molar-refractivity contribution is -0.139. The van der Waals surface area contributed by atoms with Gasteiger partial charge in [0, 0.05) is 42.1 Å². The zero-order valence-electron chi connectivity index (χ0n) is 25.6. The van der Waals surface area contributed by atoms with Crippen LogP contribution in [0.1, 0.15) is 55.6 Å². The second kappa shape index (κ2) is 13.4. The molecule has 4 heterocycles. The van der Waals surface area contributed by atoms with E-state index in [4.69, 9.17) is 21.3 Å². The van der Waals surface area contributed by atoms with Crippen molar-refractivity contribution in [2.75, 3.05) is 19.0 Å². The molecule has 2 aliphatic rings. The van der Waals surface area contributed by atoms with Crippen LogP contribution in [0.25, 0.3) is 28.1 Å². The number of carbonyl (C=O) groups is 3. The normalized spacial score (nSPS) is 18.4. The number of methoxy groups -OCH3 is 1. The quantitative estimate of drug-likeness (QED) is 0.190. The second-order valence-corrected chi connectivity index (χ2v) is 12.0. The Labute approximate surface area is 274 Å². The Morgan fingerprint density at radius 3 is 2.66 bits per heavy atom. The molecular weight excluding hydrogens is 630 g/mol. The number of carbonyl (C=O) groups excluding carboxylic acids is 3. The van der Waals surface area contributed by atoms with Gasteiger partial charge < -0.3 is 19.9 Å². The fourth-order valence-electron chi connectivity index (χ4n) is 6.06. The summed E-state index contributed by atoms with van der Waals surface area (Å²) in [4.78, 5) is 57.5. The molecule has 0 saturated carbocycles. The summed E-state index contributed by atoms with van der Waals surface area (Å²) in [5, 5.41) is 2.81. The number of fused-ring (bicyclic) bond motifs is 4. The fraction of sp³-hybridized carbons (Fsp3) is 0.294. The van der Waals surface area contributed by atoms with Crippen molar-refractivity contribution in [3.8, 4) is 22.5 Å². The number of anilines is 1. The van der Waals surface area contributed by atoms with Crippen molar-refractivity contribution in [3.05, 3.63) is 88.7 Å². The molecule has 2 aromatic heterocycles. The number of H-pyrrole nitrogens is 1. The van der Waals surface area contributed by atoms with Crippen LogP contribution in [0.5, 0.6) is 0 Å². The molecule has 47 heavy (non-hydrogen) atoms. The molecule has 0 fully saturated rings. The summed E-state index contributed by atoms with van der Waals surface area (Å²) in [6.07, 6.45) is 7.65. The Morgan fingerprint density at radius 1 is 1.13 bits per heavy atom. The van der Waals surface area contributed by atoms with E-state index in [0.717, 1.165) is 12.1 Å². The van der Waals surface area contributed by atoms with Crippen LogP contribution in [0, 0.1) is 17.6 Å². The van der Waals surface area contributed by atoms with Crippen LogP contribution < -0.4 is 5.32 Å². The molecule has 2 amide bonds. The van der Waals surface area contributed by atoms with Crippen LogP contribution in [0.3, 0.4) is 0 Å². The van der Waals surface area contributed by atoms with E-state index in [0.29, 0.717) is 58.9 Å². The minimum absolute atomic E-state index is 0.0143. The predicted molar refractivity (Wildman–Crippen MR) is 171 cm³/mol. The second-order valence-electron chi connectivity index (χ2n) is 11.6. The number of esters is 1. The van der Waals surface area contributed by atoms with Crippen molar-refractivity contribution in [3.63, 3.8) is 0 Å². The van der Waals surface area contributed by atoms with Crippen LogP contribution in [0.4, 0.5) is 14.5 Å². The Hall–Kier alpha value is -4.97. The Kier molecular flexibility index (Phi) is 9.12. The van der Waals surface area contributed by atoms with Gasteiger partial charge in [-0.05, 0) is 48.6 Å². The molecule has 2 N–H and O–H groups in total. The number of aromatic amines is 1. The first-order valence-corrected chi connectivity index (χ1v) is 15.5. The van der Waals surface area contributed by atoms with E-state index in [2.05, 4.69) is 20.3 Å². The van der Waals surface area contributed by atoms with Crippen LogP contribution in [0.15, 0.2) is 55.1 Å². The number of amides is 2. The molecule has 242 valence electrons. The van der Waals surface area contributed by atoms with Crippen LogP contribution in [-0.4, -0.2) is 56.3 Å². The third-order valence-corrected chi connectivity index (χ3v) is 8.86. The van der Waals surface area contributed by atoms with Gasteiger partial charge in [-0.1, -0.05) is 37.1 Å². The smallest absolute Gasteiger partial charge is 0.309 e. The molecule has 0 spiro atoms. The van der Waals surface area contributed by atoms with Crippen LogP contribution in [0.2, 0.25) is 5.02 Å². The number of nitrogens with zero attached hydrogens (tertiary/aromatic N) is 4.